The number of halogens is 2. The first-order chi connectivity index (χ1) is 7.56. The molecule has 0 aliphatic heterocycles. The molecule has 6 heteroatoms. The Morgan fingerprint density at radius 2 is 2.25 bits per heavy atom. The Morgan fingerprint density at radius 3 is 2.81 bits per heavy atom. The third-order valence-electron chi connectivity index (χ3n) is 1.92. The van der Waals surface area contributed by atoms with Crippen molar-refractivity contribution >= 4 is 29.1 Å². The summed E-state index contributed by atoms with van der Waals surface area (Å²) in [6.07, 6.45) is 3.66. The van der Waals surface area contributed by atoms with Crippen LogP contribution in [0.5, 0.6) is 0 Å². The van der Waals surface area contributed by atoms with E-state index in [4.69, 9.17) is 17.3 Å². The standard InChI is InChI=1S/C10H10ClFN2O2/c11-4-2-1-3-7-5-10(14(15)16)9(13)6-8(7)12/h1,3,5-6H,2,4,13H2. The number of hydrogen-bond acceptors (Lipinski definition) is 3. The van der Waals surface area contributed by atoms with Gasteiger partial charge >= 0.3 is 0 Å². The lowest BCUT2D eigenvalue weighted by molar-refractivity contribution is -0.383. The van der Waals surface area contributed by atoms with E-state index in [9.17, 15) is 14.5 Å². The molecule has 86 valence electrons. The van der Waals surface area contributed by atoms with E-state index in [0.29, 0.717) is 12.3 Å². The molecule has 0 saturated heterocycles. The third kappa shape index (κ3) is 2.93. The van der Waals surface area contributed by atoms with Crippen molar-refractivity contribution in [1.29, 1.82) is 0 Å². The van der Waals surface area contributed by atoms with E-state index >= 15 is 0 Å². The average molecular weight is 245 g/mol. The zero-order valence-corrected chi connectivity index (χ0v) is 9.08. The van der Waals surface area contributed by atoms with Crippen LogP contribution in [0.25, 0.3) is 6.08 Å². The van der Waals surface area contributed by atoms with Crippen LogP contribution in [0.4, 0.5) is 15.8 Å². The molecule has 0 aromatic heterocycles. The van der Waals surface area contributed by atoms with Gasteiger partial charge in [-0.3, -0.25) is 10.1 Å². The minimum atomic E-state index is -0.645. The Morgan fingerprint density at radius 1 is 1.56 bits per heavy atom. The summed E-state index contributed by atoms with van der Waals surface area (Å²) in [5, 5.41) is 10.6. The molecule has 0 bridgehead atoms. The fourth-order valence-electron chi connectivity index (χ4n) is 1.15. The van der Waals surface area contributed by atoms with Crippen molar-refractivity contribution in [2.45, 2.75) is 6.42 Å². The third-order valence-corrected chi connectivity index (χ3v) is 2.13. The Kier molecular flexibility index (Phi) is 4.25. The highest BCUT2D eigenvalue weighted by Crippen LogP contribution is 2.25. The fraction of sp³-hybridized carbons (Fsp3) is 0.200. The topological polar surface area (TPSA) is 69.2 Å². The maximum atomic E-state index is 13.3. The SMILES string of the molecule is Nc1cc(F)c(C=CCCCl)cc1[N+](=O)[O-]. The molecular weight excluding hydrogens is 235 g/mol. The van der Waals surface area contributed by atoms with E-state index in [1.807, 2.05) is 0 Å². The number of alkyl halides is 1. The van der Waals surface area contributed by atoms with Gasteiger partial charge in [-0.05, 0) is 6.42 Å². The van der Waals surface area contributed by atoms with Crippen LogP contribution in [0.1, 0.15) is 12.0 Å². The summed E-state index contributed by atoms with van der Waals surface area (Å²) in [5.41, 5.74) is 4.97. The second-order valence-electron chi connectivity index (χ2n) is 3.07. The lowest BCUT2D eigenvalue weighted by atomic mass is 10.1. The lowest BCUT2D eigenvalue weighted by Crippen LogP contribution is -1.98. The smallest absolute Gasteiger partial charge is 0.292 e. The van der Waals surface area contributed by atoms with Gasteiger partial charge in [0.15, 0.2) is 0 Å². The predicted octanol–water partition coefficient (Wildman–Crippen LogP) is 2.96. The molecule has 0 fully saturated rings. The first-order valence-corrected chi connectivity index (χ1v) is 5.05. The minimum absolute atomic E-state index is 0.131. The summed E-state index contributed by atoms with van der Waals surface area (Å²) in [4.78, 5) is 9.93. The van der Waals surface area contributed by atoms with Crippen LogP contribution >= 0.6 is 11.6 Å². The number of allylic oxidation sites excluding steroid dienone is 1. The highest BCUT2D eigenvalue weighted by Gasteiger charge is 2.14. The molecule has 0 radical (unpaired) electrons. The summed E-state index contributed by atoms with van der Waals surface area (Å²) in [6, 6.07) is 2.05. The summed E-state index contributed by atoms with van der Waals surface area (Å²) in [6.45, 7) is 0. The van der Waals surface area contributed by atoms with Crippen molar-refractivity contribution in [3.63, 3.8) is 0 Å². The van der Waals surface area contributed by atoms with Gasteiger partial charge in [0.2, 0.25) is 0 Å². The van der Waals surface area contributed by atoms with Crippen LogP contribution in [-0.4, -0.2) is 10.8 Å². The fourth-order valence-corrected chi connectivity index (χ4v) is 1.28. The molecular formula is C10H10ClFN2O2. The van der Waals surface area contributed by atoms with Crippen LogP contribution in [0.2, 0.25) is 0 Å². The van der Waals surface area contributed by atoms with E-state index < -0.39 is 10.7 Å². The molecule has 0 amide bonds. The molecule has 0 spiro atoms. The largest absolute Gasteiger partial charge is 0.393 e. The second kappa shape index (κ2) is 5.46. The monoisotopic (exact) mass is 244 g/mol. The average Bonchev–Trinajstić information content (AvgIpc) is 2.21. The first kappa shape index (κ1) is 12.4. The summed E-state index contributed by atoms with van der Waals surface area (Å²) in [5.74, 6) is -0.177. The van der Waals surface area contributed by atoms with Gasteiger partial charge < -0.3 is 5.73 Å². The first-order valence-electron chi connectivity index (χ1n) is 4.52. The summed E-state index contributed by atoms with van der Waals surface area (Å²) in [7, 11) is 0. The normalized spacial score (nSPS) is 10.9. The van der Waals surface area contributed by atoms with Crippen molar-refractivity contribution in [2.75, 3.05) is 11.6 Å². The Balaban J connectivity index is 3.09. The number of nitro benzene ring substituents is 1. The van der Waals surface area contributed by atoms with Crippen molar-refractivity contribution in [1.82, 2.24) is 0 Å². The van der Waals surface area contributed by atoms with E-state index in [-0.39, 0.29) is 16.9 Å². The van der Waals surface area contributed by atoms with Crippen molar-refractivity contribution in [2.24, 2.45) is 0 Å². The maximum Gasteiger partial charge on any atom is 0.292 e. The molecule has 0 aliphatic carbocycles. The second-order valence-corrected chi connectivity index (χ2v) is 3.45. The molecule has 0 saturated carbocycles. The van der Waals surface area contributed by atoms with E-state index in [2.05, 4.69) is 0 Å². The van der Waals surface area contributed by atoms with Gasteiger partial charge in [-0.15, -0.1) is 11.6 Å². The van der Waals surface area contributed by atoms with E-state index in [1.54, 1.807) is 6.08 Å². The molecule has 1 aromatic rings. The molecule has 4 nitrogen and oxygen atoms in total. The Hall–Kier alpha value is -1.62. The van der Waals surface area contributed by atoms with Gasteiger partial charge in [0, 0.05) is 23.6 Å². The van der Waals surface area contributed by atoms with Gasteiger partial charge in [-0.25, -0.2) is 4.39 Å². The van der Waals surface area contributed by atoms with Gasteiger partial charge in [0.1, 0.15) is 11.5 Å². The van der Waals surface area contributed by atoms with Crippen molar-refractivity contribution in [3.05, 3.63) is 39.7 Å². The molecule has 0 aliphatic rings. The zero-order chi connectivity index (χ0) is 12.1. The van der Waals surface area contributed by atoms with Gasteiger partial charge in [-0.1, -0.05) is 12.2 Å². The molecule has 0 unspecified atom stereocenters. The molecule has 16 heavy (non-hydrogen) atoms. The number of nitrogen functional groups attached to an aromatic ring is 1. The molecule has 1 rings (SSSR count). The number of hydrogen-bond donors (Lipinski definition) is 1. The van der Waals surface area contributed by atoms with Crippen LogP contribution in [0.15, 0.2) is 18.2 Å². The number of rotatable bonds is 4. The molecule has 0 heterocycles. The summed E-state index contributed by atoms with van der Waals surface area (Å²) < 4.78 is 13.3. The Labute approximate surface area is 96.7 Å². The summed E-state index contributed by atoms with van der Waals surface area (Å²) >= 11 is 5.44. The van der Waals surface area contributed by atoms with Crippen LogP contribution < -0.4 is 5.73 Å². The highest BCUT2D eigenvalue weighted by atomic mass is 35.5. The van der Waals surface area contributed by atoms with Crippen molar-refractivity contribution in [3.8, 4) is 0 Å². The van der Waals surface area contributed by atoms with Crippen LogP contribution in [0, 0.1) is 15.9 Å². The lowest BCUT2D eigenvalue weighted by Gasteiger charge is -2.00. The van der Waals surface area contributed by atoms with Crippen molar-refractivity contribution < 1.29 is 9.31 Å². The van der Waals surface area contributed by atoms with Gasteiger partial charge in [0.25, 0.3) is 5.69 Å². The Bertz CT molecular complexity index is 435. The number of nitro groups is 1. The van der Waals surface area contributed by atoms with Crippen LogP contribution in [0.3, 0.4) is 0 Å². The number of benzene rings is 1. The van der Waals surface area contributed by atoms with Crippen LogP contribution in [-0.2, 0) is 0 Å². The number of nitrogens with two attached hydrogens (primary N) is 1. The molecule has 2 N–H and O–H groups in total. The molecule has 1 aromatic carbocycles. The van der Waals surface area contributed by atoms with E-state index in [0.717, 1.165) is 12.1 Å². The predicted molar refractivity (Wildman–Crippen MR) is 61.8 cm³/mol. The number of anilines is 1. The molecule has 0 atom stereocenters. The number of nitrogens with zero attached hydrogens (tertiary/aromatic N) is 1. The van der Waals surface area contributed by atoms with Gasteiger partial charge in [-0.2, -0.15) is 0 Å². The van der Waals surface area contributed by atoms with E-state index in [1.165, 1.54) is 6.08 Å². The maximum absolute atomic E-state index is 13.3. The quantitative estimate of drug-likeness (QED) is 0.383. The highest BCUT2D eigenvalue weighted by molar-refractivity contribution is 6.17. The van der Waals surface area contributed by atoms with Gasteiger partial charge in [0.05, 0.1) is 4.92 Å². The zero-order valence-electron chi connectivity index (χ0n) is 8.32. The minimum Gasteiger partial charge on any atom is -0.393 e.